The average molecular weight is 375 g/mol. The number of amides is 2. The smallest absolute Gasteiger partial charge is 0.244 e. The number of ether oxygens (including phenoxy) is 1. The maximum Gasteiger partial charge on any atom is 0.244 e. The molecule has 0 radical (unpaired) electrons. The normalized spacial score (nSPS) is 10.5. The molecule has 6 heteroatoms. The molecule has 0 unspecified atom stereocenters. The zero-order chi connectivity index (χ0) is 19.3. The van der Waals surface area contributed by atoms with Crippen LogP contribution in [-0.2, 0) is 9.59 Å². The van der Waals surface area contributed by atoms with Crippen molar-refractivity contribution in [2.24, 2.45) is 0 Å². The number of carbonyl (C=O) groups is 2. The second-order valence-electron chi connectivity index (χ2n) is 6.22. The number of halogens is 1. The molecule has 2 amide bonds. The molecule has 2 aromatic rings. The van der Waals surface area contributed by atoms with E-state index in [4.69, 9.17) is 16.3 Å². The standard InChI is InChI=1S/C20H23ClN2O3/c1-13(2)16-7-5-6-8-18(16)23(14(3)24)12-20(25)22-15-9-10-19(26-4)17(21)11-15/h5-11,13H,12H2,1-4H3,(H,22,25). The summed E-state index contributed by atoms with van der Waals surface area (Å²) in [5.74, 6) is 0.262. The van der Waals surface area contributed by atoms with Crippen LogP contribution in [0.5, 0.6) is 5.75 Å². The molecular formula is C20H23ClN2O3. The number of anilines is 2. The van der Waals surface area contributed by atoms with E-state index in [9.17, 15) is 9.59 Å². The average Bonchev–Trinajstić information content (AvgIpc) is 2.59. The number of carbonyl (C=O) groups excluding carboxylic acids is 2. The number of benzene rings is 2. The van der Waals surface area contributed by atoms with Gasteiger partial charge in [-0.15, -0.1) is 0 Å². The van der Waals surface area contributed by atoms with Crippen LogP contribution < -0.4 is 15.0 Å². The summed E-state index contributed by atoms with van der Waals surface area (Å²) in [5, 5.41) is 3.17. The van der Waals surface area contributed by atoms with Gasteiger partial charge in [0.2, 0.25) is 11.8 Å². The third kappa shape index (κ3) is 4.76. The molecule has 5 nitrogen and oxygen atoms in total. The van der Waals surface area contributed by atoms with Crippen LogP contribution in [-0.4, -0.2) is 25.5 Å². The fourth-order valence-corrected chi connectivity index (χ4v) is 2.93. The number of nitrogens with zero attached hydrogens (tertiary/aromatic N) is 1. The molecule has 0 heterocycles. The van der Waals surface area contributed by atoms with Crippen molar-refractivity contribution in [2.75, 3.05) is 23.9 Å². The molecule has 0 bridgehead atoms. The lowest BCUT2D eigenvalue weighted by atomic mass is 10.0. The van der Waals surface area contributed by atoms with Crippen molar-refractivity contribution in [2.45, 2.75) is 26.7 Å². The predicted octanol–water partition coefficient (Wildman–Crippen LogP) is 4.46. The molecule has 0 saturated carbocycles. The highest BCUT2D eigenvalue weighted by atomic mass is 35.5. The van der Waals surface area contributed by atoms with E-state index < -0.39 is 0 Å². The summed E-state index contributed by atoms with van der Waals surface area (Å²) in [5.41, 5.74) is 2.31. The first-order chi connectivity index (χ1) is 12.3. The SMILES string of the molecule is COc1ccc(NC(=O)CN(C(C)=O)c2ccccc2C(C)C)cc1Cl. The lowest BCUT2D eigenvalue weighted by Crippen LogP contribution is -2.37. The molecule has 138 valence electrons. The fraction of sp³-hybridized carbons (Fsp3) is 0.300. The van der Waals surface area contributed by atoms with Gasteiger partial charge in [0.05, 0.1) is 12.1 Å². The largest absolute Gasteiger partial charge is 0.495 e. The molecule has 1 N–H and O–H groups in total. The number of methoxy groups -OCH3 is 1. The molecule has 0 aromatic heterocycles. The Labute approximate surface area is 158 Å². The van der Waals surface area contributed by atoms with E-state index in [-0.39, 0.29) is 24.3 Å². The van der Waals surface area contributed by atoms with Crippen LogP contribution in [0.15, 0.2) is 42.5 Å². The van der Waals surface area contributed by atoms with Crippen molar-refractivity contribution in [1.82, 2.24) is 0 Å². The molecule has 0 aliphatic rings. The summed E-state index contributed by atoms with van der Waals surface area (Å²) in [6, 6.07) is 12.6. The summed E-state index contributed by atoms with van der Waals surface area (Å²) in [7, 11) is 1.52. The lowest BCUT2D eigenvalue weighted by molar-refractivity contribution is -0.120. The summed E-state index contributed by atoms with van der Waals surface area (Å²) >= 11 is 6.08. The second-order valence-corrected chi connectivity index (χ2v) is 6.62. The molecule has 2 aromatic carbocycles. The maximum atomic E-state index is 12.5. The van der Waals surface area contributed by atoms with Gasteiger partial charge in [0, 0.05) is 18.3 Å². The Balaban J connectivity index is 2.19. The van der Waals surface area contributed by atoms with Gasteiger partial charge in [0.25, 0.3) is 0 Å². The Bertz CT molecular complexity index is 805. The van der Waals surface area contributed by atoms with Crippen molar-refractivity contribution >= 4 is 34.8 Å². The van der Waals surface area contributed by atoms with Crippen LogP contribution in [0.25, 0.3) is 0 Å². The minimum Gasteiger partial charge on any atom is -0.495 e. The summed E-state index contributed by atoms with van der Waals surface area (Å²) in [4.78, 5) is 26.1. The van der Waals surface area contributed by atoms with E-state index in [1.54, 1.807) is 18.2 Å². The van der Waals surface area contributed by atoms with Crippen LogP contribution in [0.4, 0.5) is 11.4 Å². The summed E-state index contributed by atoms with van der Waals surface area (Å²) in [6.07, 6.45) is 0. The van der Waals surface area contributed by atoms with Crippen LogP contribution in [0, 0.1) is 0 Å². The monoisotopic (exact) mass is 374 g/mol. The number of para-hydroxylation sites is 1. The second kappa shape index (κ2) is 8.72. The molecular weight excluding hydrogens is 352 g/mol. The number of nitrogens with one attached hydrogen (secondary N) is 1. The van der Waals surface area contributed by atoms with Gasteiger partial charge in [0.15, 0.2) is 0 Å². The van der Waals surface area contributed by atoms with Crippen molar-refractivity contribution in [3.63, 3.8) is 0 Å². The van der Waals surface area contributed by atoms with E-state index >= 15 is 0 Å². The van der Waals surface area contributed by atoms with Gasteiger partial charge < -0.3 is 15.0 Å². The first-order valence-corrected chi connectivity index (χ1v) is 8.71. The summed E-state index contributed by atoms with van der Waals surface area (Å²) in [6.45, 7) is 5.48. The zero-order valence-corrected chi connectivity index (χ0v) is 16.1. The summed E-state index contributed by atoms with van der Waals surface area (Å²) < 4.78 is 5.10. The Hall–Kier alpha value is -2.53. The van der Waals surface area contributed by atoms with E-state index in [1.807, 2.05) is 24.3 Å². The predicted molar refractivity (Wildman–Crippen MR) is 105 cm³/mol. The van der Waals surface area contributed by atoms with Crippen LogP contribution in [0.2, 0.25) is 5.02 Å². The van der Waals surface area contributed by atoms with Gasteiger partial charge in [-0.3, -0.25) is 9.59 Å². The fourth-order valence-electron chi connectivity index (χ4n) is 2.68. The Morgan fingerprint density at radius 3 is 2.46 bits per heavy atom. The first-order valence-electron chi connectivity index (χ1n) is 8.34. The Morgan fingerprint density at radius 1 is 1.19 bits per heavy atom. The maximum absolute atomic E-state index is 12.5. The number of hydrogen-bond acceptors (Lipinski definition) is 3. The quantitative estimate of drug-likeness (QED) is 0.811. The van der Waals surface area contributed by atoms with Crippen LogP contribution in [0.3, 0.4) is 0 Å². The van der Waals surface area contributed by atoms with E-state index in [0.717, 1.165) is 11.3 Å². The van der Waals surface area contributed by atoms with Gasteiger partial charge in [-0.2, -0.15) is 0 Å². The Morgan fingerprint density at radius 2 is 1.88 bits per heavy atom. The van der Waals surface area contributed by atoms with E-state index in [2.05, 4.69) is 19.2 Å². The van der Waals surface area contributed by atoms with Gasteiger partial charge in [-0.25, -0.2) is 0 Å². The van der Waals surface area contributed by atoms with Crippen molar-refractivity contribution < 1.29 is 14.3 Å². The molecule has 0 aliphatic heterocycles. The van der Waals surface area contributed by atoms with Gasteiger partial charge in [0.1, 0.15) is 12.3 Å². The van der Waals surface area contributed by atoms with Gasteiger partial charge in [-0.05, 0) is 35.7 Å². The lowest BCUT2D eigenvalue weighted by Gasteiger charge is -2.25. The third-order valence-corrected chi connectivity index (χ3v) is 4.26. The number of hydrogen-bond donors (Lipinski definition) is 1. The van der Waals surface area contributed by atoms with Crippen LogP contribution in [0.1, 0.15) is 32.3 Å². The zero-order valence-electron chi connectivity index (χ0n) is 15.4. The highest BCUT2D eigenvalue weighted by Crippen LogP contribution is 2.29. The highest BCUT2D eigenvalue weighted by Gasteiger charge is 2.20. The van der Waals surface area contributed by atoms with Gasteiger partial charge >= 0.3 is 0 Å². The molecule has 0 fully saturated rings. The van der Waals surface area contributed by atoms with E-state index in [0.29, 0.717) is 16.5 Å². The molecule has 26 heavy (non-hydrogen) atoms. The molecule has 0 atom stereocenters. The van der Waals surface area contributed by atoms with E-state index in [1.165, 1.54) is 18.9 Å². The number of rotatable bonds is 6. The first kappa shape index (κ1) is 19.8. The van der Waals surface area contributed by atoms with Crippen molar-refractivity contribution in [1.29, 1.82) is 0 Å². The minimum absolute atomic E-state index is 0.0806. The Kier molecular flexibility index (Phi) is 6.64. The highest BCUT2D eigenvalue weighted by molar-refractivity contribution is 6.32. The van der Waals surface area contributed by atoms with Crippen molar-refractivity contribution in [3.8, 4) is 5.75 Å². The van der Waals surface area contributed by atoms with Crippen molar-refractivity contribution in [3.05, 3.63) is 53.1 Å². The molecule has 0 saturated heterocycles. The molecule has 2 rings (SSSR count). The minimum atomic E-state index is -0.306. The van der Waals surface area contributed by atoms with Gasteiger partial charge in [-0.1, -0.05) is 43.6 Å². The topological polar surface area (TPSA) is 58.6 Å². The molecule has 0 spiro atoms. The van der Waals surface area contributed by atoms with Crippen LogP contribution >= 0.6 is 11.6 Å². The third-order valence-electron chi connectivity index (χ3n) is 3.97. The molecule has 0 aliphatic carbocycles.